The second-order valence-electron chi connectivity index (χ2n) is 17.4. The lowest BCUT2D eigenvalue weighted by Crippen LogP contribution is -2.65. The highest BCUT2D eigenvalue weighted by Gasteiger charge is 2.69. The van der Waals surface area contributed by atoms with E-state index in [-0.39, 0.29) is 27.6 Å². The lowest BCUT2D eigenvalue weighted by molar-refractivity contribution is -0.179. The van der Waals surface area contributed by atoms with Crippen LogP contribution >= 0.6 is 0 Å². The van der Waals surface area contributed by atoms with E-state index in [1.807, 2.05) is 0 Å². The minimum atomic E-state index is -0.591. The summed E-state index contributed by atoms with van der Waals surface area (Å²) in [7, 11) is 0. The number of nitrogens with one attached hydrogen (secondary N) is 1. The van der Waals surface area contributed by atoms with Gasteiger partial charge in [0.25, 0.3) is 0 Å². The smallest absolute Gasteiger partial charge is 0.310 e. The van der Waals surface area contributed by atoms with Crippen LogP contribution in [0.4, 0.5) is 5.82 Å². The number of ether oxygens (including phenoxy) is 1. The monoisotopic (exact) mass is 618 g/mol. The lowest BCUT2D eigenvalue weighted by Gasteiger charge is -2.70. The quantitative estimate of drug-likeness (QED) is 0.345. The summed E-state index contributed by atoms with van der Waals surface area (Å²) < 4.78 is 5.55. The molecule has 1 aliphatic heterocycles. The first-order chi connectivity index (χ1) is 21.3. The molecule has 1 aromatic heterocycles. The molecule has 0 amide bonds. The summed E-state index contributed by atoms with van der Waals surface area (Å²) in [5, 5.41) is 14.5. The number of hydrogen-bond donors (Lipinski definition) is 2. The van der Waals surface area contributed by atoms with E-state index in [9.17, 15) is 9.90 Å². The number of hydrogen-bond acceptors (Lipinski definition) is 6. The molecule has 4 fully saturated rings. The van der Waals surface area contributed by atoms with Gasteiger partial charge in [0, 0.05) is 37.2 Å². The van der Waals surface area contributed by atoms with Gasteiger partial charge in [0.05, 0.1) is 24.3 Å². The number of anilines is 1. The zero-order chi connectivity index (χ0) is 32.0. The number of carboxylic acids is 1. The van der Waals surface area contributed by atoms with E-state index in [1.165, 1.54) is 29.7 Å². The summed E-state index contributed by atoms with van der Waals surface area (Å²) in [4.78, 5) is 25.4. The number of morpholine rings is 1. The Kier molecular flexibility index (Phi) is 7.56. The molecule has 7 rings (SSSR count). The topological polar surface area (TPSA) is 87.6 Å². The highest BCUT2D eigenvalue weighted by Crippen LogP contribution is 2.75. The van der Waals surface area contributed by atoms with Crippen molar-refractivity contribution < 1.29 is 14.6 Å². The highest BCUT2D eigenvalue weighted by atomic mass is 16.5. The van der Waals surface area contributed by atoms with E-state index < -0.39 is 11.4 Å². The molecule has 9 atom stereocenters. The minimum Gasteiger partial charge on any atom is -0.481 e. The van der Waals surface area contributed by atoms with Gasteiger partial charge in [-0.1, -0.05) is 60.1 Å². The average Bonchev–Trinajstić information content (AvgIpc) is 3.00. The van der Waals surface area contributed by atoms with Crippen LogP contribution in [0.3, 0.4) is 0 Å². The van der Waals surface area contributed by atoms with Crippen LogP contribution in [0.2, 0.25) is 0 Å². The van der Waals surface area contributed by atoms with Gasteiger partial charge in [-0.05, 0) is 97.2 Å². The molecule has 2 N–H and O–H groups in total. The number of fused-ring (bicyclic) bond motifs is 8. The van der Waals surface area contributed by atoms with Gasteiger partial charge in [-0.3, -0.25) is 9.69 Å². The molecule has 0 aromatic carbocycles. The maximum absolute atomic E-state index is 13.1. The second kappa shape index (κ2) is 10.8. The molecule has 6 aliphatic rings. The van der Waals surface area contributed by atoms with Crippen LogP contribution < -0.4 is 5.32 Å². The number of carbonyl (C=O) groups is 1. The van der Waals surface area contributed by atoms with Gasteiger partial charge in [-0.2, -0.15) is 0 Å². The SMILES string of the molecule is C[C@H]1[C@H](C)CC[C@]2(C(=O)O)CC[C@]3(C)C(=CC[C@@H]4[C@@]5(C)Cc6c(NCCN7CCOCC7)ncnc6C(C)(C)[C@@H]5CC[C@]43C)[C@H]12. The zero-order valence-corrected chi connectivity index (χ0v) is 29.0. The standard InChI is InChI=1S/C38H58N4O3/c1-24-10-13-38(33(43)44)15-14-36(6)27(30(38)25(24)2)8-9-29-35(5)22-26-31(34(3,4)28(35)11-12-37(29,36)7)40-23-41-32(26)39-16-17-42-18-20-45-21-19-42/h8,23-25,28-30H,9-22H2,1-7H3,(H,43,44)(H,39,40,41)/t24-,25+,28+,29-,30+,35+,36-,37-,38+/m1/s1. The Labute approximate surface area is 271 Å². The van der Waals surface area contributed by atoms with E-state index >= 15 is 0 Å². The predicted molar refractivity (Wildman–Crippen MR) is 178 cm³/mol. The molecule has 45 heavy (non-hydrogen) atoms. The summed E-state index contributed by atoms with van der Waals surface area (Å²) >= 11 is 0. The van der Waals surface area contributed by atoms with Crippen molar-refractivity contribution in [2.75, 3.05) is 44.7 Å². The molecule has 1 aromatic rings. The Morgan fingerprint density at radius 3 is 2.51 bits per heavy atom. The van der Waals surface area contributed by atoms with Crippen molar-refractivity contribution in [1.29, 1.82) is 0 Å². The van der Waals surface area contributed by atoms with Gasteiger partial charge in [0.15, 0.2) is 0 Å². The van der Waals surface area contributed by atoms with Crippen molar-refractivity contribution in [2.24, 2.45) is 51.2 Å². The van der Waals surface area contributed by atoms with Crippen molar-refractivity contribution in [3.63, 3.8) is 0 Å². The first kappa shape index (κ1) is 31.6. The van der Waals surface area contributed by atoms with Crippen molar-refractivity contribution >= 4 is 11.8 Å². The molecule has 7 heteroatoms. The van der Waals surface area contributed by atoms with E-state index in [1.54, 1.807) is 6.33 Å². The number of allylic oxidation sites excluding steroid dienone is 2. The van der Waals surface area contributed by atoms with Gasteiger partial charge in [0.2, 0.25) is 0 Å². The molecule has 0 unspecified atom stereocenters. The summed E-state index contributed by atoms with van der Waals surface area (Å²) in [6.07, 6.45) is 12.5. The maximum atomic E-state index is 13.1. The van der Waals surface area contributed by atoms with Crippen LogP contribution in [0.15, 0.2) is 18.0 Å². The number of rotatable bonds is 5. The minimum absolute atomic E-state index is 0.0235. The Bertz CT molecular complexity index is 1370. The van der Waals surface area contributed by atoms with Crippen molar-refractivity contribution in [3.05, 3.63) is 29.2 Å². The van der Waals surface area contributed by atoms with Gasteiger partial charge in [0.1, 0.15) is 12.1 Å². The summed E-state index contributed by atoms with van der Waals surface area (Å²) in [5.74, 6) is 2.67. The third-order valence-corrected chi connectivity index (χ3v) is 15.5. The molecule has 5 aliphatic carbocycles. The van der Waals surface area contributed by atoms with Gasteiger partial charge in [-0.15, -0.1) is 0 Å². The van der Waals surface area contributed by atoms with E-state index in [0.717, 1.165) is 83.7 Å². The number of carboxylic acid groups (broad SMARTS) is 1. The molecule has 2 heterocycles. The van der Waals surface area contributed by atoms with Crippen molar-refractivity contribution in [3.8, 4) is 0 Å². The van der Waals surface area contributed by atoms with Crippen molar-refractivity contribution in [1.82, 2.24) is 14.9 Å². The third kappa shape index (κ3) is 4.37. The van der Waals surface area contributed by atoms with Crippen molar-refractivity contribution in [2.45, 2.75) is 105 Å². The third-order valence-electron chi connectivity index (χ3n) is 15.5. The number of nitrogens with zero attached hydrogens (tertiary/aromatic N) is 3. The first-order valence-corrected chi connectivity index (χ1v) is 18.1. The molecule has 0 bridgehead atoms. The van der Waals surface area contributed by atoms with Crippen LogP contribution in [-0.4, -0.2) is 65.3 Å². The summed E-state index contributed by atoms with van der Waals surface area (Å²) in [6, 6.07) is 0. The molecule has 248 valence electrons. The Hall–Kier alpha value is -1.99. The molecular weight excluding hydrogens is 560 g/mol. The number of aromatic nitrogens is 2. The summed E-state index contributed by atoms with van der Waals surface area (Å²) in [5.41, 5.74) is 3.70. The fraction of sp³-hybridized carbons (Fsp3) is 0.816. The van der Waals surface area contributed by atoms with Crippen LogP contribution in [-0.2, 0) is 21.4 Å². The van der Waals surface area contributed by atoms with E-state index in [0.29, 0.717) is 23.7 Å². The molecule has 3 saturated carbocycles. The zero-order valence-electron chi connectivity index (χ0n) is 29.0. The second-order valence-corrected chi connectivity index (χ2v) is 17.4. The number of aliphatic carboxylic acids is 1. The average molecular weight is 619 g/mol. The van der Waals surface area contributed by atoms with E-state index in [2.05, 4.69) is 64.8 Å². The fourth-order valence-electron chi connectivity index (χ4n) is 12.6. The largest absolute Gasteiger partial charge is 0.481 e. The first-order valence-electron chi connectivity index (χ1n) is 18.1. The highest BCUT2D eigenvalue weighted by molar-refractivity contribution is 5.76. The molecular formula is C38H58N4O3. The molecule has 0 spiro atoms. The fourth-order valence-corrected chi connectivity index (χ4v) is 12.6. The molecule has 1 saturated heterocycles. The Balaban J connectivity index is 1.24. The maximum Gasteiger partial charge on any atom is 0.310 e. The summed E-state index contributed by atoms with van der Waals surface area (Å²) in [6.45, 7) is 22.9. The Morgan fingerprint density at radius 1 is 1.02 bits per heavy atom. The molecule has 7 nitrogen and oxygen atoms in total. The van der Waals surface area contributed by atoms with E-state index in [4.69, 9.17) is 14.7 Å². The predicted octanol–water partition coefficient (Wildman–Crippen LogP) is 6.98. The van der Waals surface area contributed by atoms with Crippen LogP contribution in [0.1, 0.15) is 105 Å². The van der Waals surface area contributed by atoms with Crippen LogP contribution in [0.25, 0.3) is 0 Å². The van der Waals surface area contributed by atoms with Gasteiger partial charge < -0.3 is 15.2 Å². The normalized spacial score (nSPS) is 43.9. The van der Waals surface area contributed by atoms with Crippen LogP contribution in [0, 0.1) is 51.2 Å². The Morgan fingerprint density at radius 2 is 1.78 bits per heavy atom. The van der Waals surface area contributed by atoms with Gasteiger partial charge >= 0.3 is 5.97 Å². The molecule has 0 radical (unpaired) electrons. The van der Waals surface area contributed by atoms with Crippen LogP contribution in [0.5, 0.6) is 0 Å². The van der Waals surface area contributed by atoms with Gasteiger partial charge in [-0.25, -0.2) is 9.97 Å². The lowest BCUT2D eigenvalue weighted by atomic mass is 9.33.